The molecular formula is C6H5F3N2. The average molecular weight is 162 g/mol. The van der Waals surface area contributed by atoms with Crippen LogP contribution in [0.3, 0.4) is 0 Å². The van der Waals surface area contributed by atoms with Gasteiger partial charge in [0, 0.05) is 11.8 Å². The minimum absolute atomic E-state index is 0.0655. The van der Waals surface area contributed by atoms with Gasteiger partial charge in [-0.2, -0.15) is 9.78 Å². The van der Waals surface area contributed by atoms with E-state index in [0.29, 0.717) is 5.56 Å². The second-order valence-corrected chi connectivity index (χ2v) is 1.89. The maximum absolute atomic E-state index is 11.8. The third-order valence-electron chi connectivity index (χ3n) is 1.10. The predicted octanol–water partition coefficient (Wildman–Crippen LogP) is 2.00. The summed E-state index contributed by atoms with van der Waals surface area (Å²) in [5.41, 5.74) is 0.349. The Bertz CT molecular complexity index is 261. The van der Waals surface area contributed by atoms with Crippen LogP contribution in [-0.2, 0) is 6.30 Å². The van der Waals surface area contributed by atoms with E-state index in [1.165, 1.54) is 6.08 Å². The van der Waals surface area contributed by atoms with Gasteiger partial charge in [0.1, 0.15) is 0 Å². The molecule has 60 valence electrons. The molecule has 0 aliphatic rings. The Labute approximate surface area is 60.9 Å². The number of aromatic nitrogens is 2. The topological polar surface area (TPSA) is 17.8 Å². The van der Waals surface area contributed by atoms with Crippen molar-refractivity contribution in [3.8, 4) is 0 Å². The molecule has 0 amide bonds. The number of alkyl halides is 3. The number of hydrogen-bond donors (Lipinski definition) is 0. The monoisotopic (exact) mass is 162 g/mol. The Balaban J connectivity index is 2.98. The van der Waals surface area contributed by atoms with Crippen LogP contribution in [0.4, 0.5) is 13.2 Å². The lowest BCUT2D eigenvalue weighted by atomic mass is 10.4. The van der Waals surface area contributed by atoms with Gasteiger partial charge in [-0.3, -0.25) is 0 Å². The van der Waals surface area contributed by atoms with Crippen LogP contribution in [0.15, 0.2) is 19.0 Å². The Morgan fingerprint density at radius 2 is 2.18 bits per heavy atom. The SMILES string of the molecule is C=Cc1cnn(C(F)(F)F)c1. The zero-order valence-corrected chi connectivity index (χ0v) is 5.47. The lowest BCUT2D eigenvalue weighted by Crippen LogP contribution is -2.16. The van der Waals surface area contributed by atoms with E-state index >= 15 is 0 Å². The summed E-state index contributed by atoms with van der Waals surface area (Å²) in [6.45, 7) is 3.31. The molecule has 0 bridgehead atoms. The van der Waals surface area contributed by atoms with E-state index in [1.807, 2.05) is 0 Å². The van der Waals surface area contributed by atoms with Crippen LogP contribution in [0.2, 0.25) is 0 Å². The van der Waals surface area contributed by atoms with Crippen molar-refractivity contribution in [2.75, 3.05) is 0 Å². The highest BCUT2D eigenvalue weighted by Crippen LogP contribution is 2.21. The summed E-state index contributed by atoms with van der Waals surface area (Å²) in [5.74, 6) is 0. The van der Waals surface area contributed by atoms with E-state index < -0.39 is 6.30 Å². The summed E-state index contributed by atoms with van der Waals surface area (Å²) < 4.78 is 35.3. The van der Waals surface area contributed by atoms with E-state index in [9.17, 15) is 13.2 Å². The fraction of sp³-hybridized carbons (Fsp3) is 0.167. The molecule has 0 atom stereocenters. The van der Waals surface area contributed by atoms with Crippen molar-refractivity contribution in [2.45, 2.75) is 6.30 Å². The molecule has 1 aromatic heterocycles. The molecule has 0 fully saturated rings. The number of nitrogens with zero attached hydrogens (tertiary/aromatic N) is 2. The van der Waals surface area contributed by atoms with Crippen LogP contribution in [0, 0.1) is 0 Å². The summed E-state index contributed by atoms with van der Waals surface area (Å²) in [5, 5.41) is 3.08. The molecule has 11 heavy (non-hydrogen) atoms. The molecule has 0 saturated heterocycles. The van der Waals surface area contributed by atoms with Crippen LogP contribution >= 0.6 is 0 Å². The first-order chi connectivity index (χ1) is 5.04. The molecule has 1 rings (SSSR count). The van der Waals surface area contributed by atoms with E-state index in [2.05, 4.69) is 11.7 Å². The summed E-state index contributed by atoms with van der Waals surface area (Å²) in [4.78, 5) is 0. The lowest BCUT2D eigenvalue weighted by Gasteiger charge is -2.03. The molecule has 0 aliphatic heterocycles. The standard InChI is InChI=1S/C6H5F3N2/c1-2-5-3-10-11(4-5)6(7,8)9/h2-4H,1H2. The maximum Gasteiger partial charge on any atom is 0.504 e. The minimum Gasteiger partial charge on any atom is -0.178 e. The zero-order chi connectivity index (χ0) is 8.48. The molecular weight excluding hydrogens is 157 g/mol. The summed E-state index contributed by atoms with van der Waals surface area (Å²) in [6, 6.07) is 0. The molecule has 0 radical (unpaired) electrons. The third-order valence-corrected chi connectivity index (χ3v) is 1.10. The molecule has 0 unspecified atom stereocenters. The smallest absolute Gasteiger partial charge is 0.178 e. The van der Waals surface area contributed by atoms with E-state index in [0.717, 1.165) is 12.4 Å². The van der Waals surface area contributed by atoms with Crippen LogP contribution in [0.5, 0.6) is 0 Å². The van der Waals surface area contributed by atoms with E-state index in [1.54, 1.807) is 0 Å². The molecule has 0 aliphatic carbocycles. The van der Waals surface area contributed by atoms with Gasteiger partial charge in [0.2, 0.25) is 0 Å². The Kier molecular flexibility index (Phi) is 1.72. The summed E-state index contributed by atoms with van der Waals surface area (Å²) in [7, 11) is 0. The molecule has 0 saturated carbocycles. The van der Waals surface area contributed by atoms with Gasteiger partial charge < -0.3 is 0 Å². The molecule has 1 heterocycles. The van der Waals surface area contributed by atoms with Crippen LogP contribution in [0.1, 0.15) is 5.56 Å². The first kappa shape index (κ1) is 7.84. The quantitative estimate of drug-likeness (QED) is 0.617. The Morgan fingerprint density at radius 3 is 2.45 bits per heavy atom. The normalized spacial score (nSPS) is 11.5. The van der Waals surface area contributed by atoms with Crippen molar-refractivity contribution in [3.05, 3.63) is 24.5 Å². The number of rotatable bonds is 1. The van der Waals surface area contributed by atoms with Crippen molar-refractivity contribution in [2.24, 2.45) is 0 Å². The van der Waals surface area contributed by atoms with Crippen LogP contribution < -0.4 is 0 Å². The first-order valence-corrected chi connectivity index (χ1v) is 2.78. The van der Waals surface area contributed by atoms with Gasteiger partial charge in [-0.1, -0.05) is 12.7 Å². The Morgan fingerprint density at radius 1 is 1.55 bits per heavy atom. The fourth-order valence-corrected chi connectivity index (χ4v) is 0.581. The summed E-state index contributed by atoms with van der Waals surface area (Å²) in [6.07, 6.45) is -1.16. The molecule has 1 aromatic rings. The van der Waals surface area contributed by atoms with Gasteiger partial charge in [-0.15, -0.1) is 13.2 Å². The van der Waals surface area contributed by atoms with Gasteiger partial charge in [-0.05, 0) is 0 Å². The van der Waals surface area contributed by atoms with Gasteiger partial charge in [0.15, 0.2) is 0 Å². The van der Waals surface area contributed by atoms with Gasteiger partial charge in [-0.25, -0.2) is 0 Å². The van der Waals surface area contributed by atoms with Crippen LogP contribution in [-0.4, -0.2) is 9.78 Å². The third kappa shape index (κ3) is 1.60. The van der Waals surface area contributed by atoms with Crippen molar-refractivity contribution < 1.29 is 13.2 Å². The highest BCUT2D eigenvalue weighted by atomic mass is 19.4. The molecule has 5 heteroatoms. The van der Waals surface area contributed by atoms with Gasteiger partial charge in [0.05, 0.1) is 6.20 Å². The minimum atomic E-state index is -4.43. The second kappa shape index (κ2) is 2.41. The van der Waals surface area contributed by atoms with Gasteiger partial charge >= 0.3 is 6.30 Å². The zero-order valence-electron chi connectivity index (χ0n) is 5.47. The van der Waals surface area contributed by atoms with Gasteiger partial charge in [0.25, 0.3) is 0 Å². The fourth-order valence-electron chi connectivity index (χ4n) is 0.581. The van der Waals surface area contributed by atoms with E-state index in [4.69, 9.17) is 0 Å². The molecule has 0 spiro atoms. The predicted molar refractivity (Wildman–Crippen MR) is 33.6 cm³/mol. The van der Waals surface area contributed by atoms with E-state index in [-0.39, 0.29) is 4.68 Å². The average Bonchev–Trinajstić information content (AvgIpc) is 2.32. The van der Waals surface area contributed by atoms with Crippen molar-refractivity contribution in [1.29, 1.82) is 0 Å². The molecule has 0 N–H and O–H groups in total. The van der Waals surface area contributed by atoms with Crippen molar-refractivity contribution in [3.63, 3.8) is 0 Å². The highest BCUT2D eigenvalue weighted by molar-refractivity contribution is 5.43. The highest BCUT2D eigenvalue weighted by Gasteiger charge is 2.31. The number of halogens is 3. The van der Waals surface area contributed by atoms with Crippen molar-refractivity contribution in [1.82, 2.24) is 9.78 Å². The number of hydrogen-bond acceptors (Lipinski definition) is 1. The lowest BCUT2D eigenvalue weighted by molar-refractivity contribution is -0.212. The largest absolute Gasteiger partial charge is 0.504 e. The first-order valence-electron chi connectivity index (χ1n) is 2.78. The molecule has 0 aromatic carbocycles. The maximum atomic E-state index is 11.8. The second-order valence-electron chi connectivity index (χ2n) is 1.89. The molecule has 2 nitrogen and oxygen atoms in total. The Hall–Kier alpha value is -1.26. The summed E-state index contributed by atoms with van der Waals surface area (Å²) >= 11 is 0. The van der Waals surface area contributed by atoms with Crippen LogP contribution in [0.25, 0.3) is 6.08 Å². The van der Waals surface area contributed by atoms with Crippen molar-refractivity contribution >= 4 is 6.08 Å².